The molecular weight excluding hydrogens is 386 g/mol. The van der Waals surface area contributed by atoms with E-state index in [-0.39, 0.29) is 18.6 Å². The van der Waals surface area contributed by atoms with Gasteiger partial charge in [0.05, 0.1) is 7.11 Å². The van der Waals surface area contributed by atoms with Gasteiger partial charge in [0.25, 0.3) is 5.91 Å². The van der Waals surface area contributed by atoms with Crippen LogP contribution in [0, 0.1) is 0 Å². The van der Waals surface area contributed by atoms with E-state index in [0.717, 1.165) is 24.0 Å². The Morgan fingerprint density at radius 2 is 2.08 bits per heavy atom. The average Bonchev–Trinajstić information content (AvgIpc) is 2.95. The quantitative estimate of drug-likeness (QED) is 0.715. The standard InChI is InChI=1S/C19H18BrNO4/c1-12-7-13-5-3-4-6-16(13)21(12)19(23)11-25-18-8-14(10-22)15(20)9-17(18)24-2/h3-6,8-10,12H,7,11H2,1-2H3/t12-/m1/s1. The minimum atomic E-state index is -0.130. The van der Waals surface area contributed by atoms with Crippen molar-refractivity contribution in [2.75, 3.05) is 18.6 Å². The number of aldehydes is 1. The molecule has 1 amide bonds. The first-order chi connectivity index (χ1) is 12.0. The lowest BCUT2D eigenvalue weighted by Crippen LogP contribution is -2.39. The second-order valence-electron chi connectivity index (χ2n) is 5.88. The van der Waals surface area contributed by atoms with Crippen LogP contribution < -0.4 is 14.4 Å². The van der Waals surface area contributed by atoms with E-state index in [0.29, 0.717) is 21.5 Å². The van der Waals surface area contributed by atoms with Crippen LogP contribution in [0.1, 0.15) is 22.8 Å². The maximum atomic E-state index is 12.7. The van der Waals surface area contributed by atoms with Crippen molar-refractivity contribution >= 4 is 33.8 Å². The molecule has 0 N–H and O–H groups in total. The first-order valence-corrected chi connectivity index (χ1v) is 8.70. The molecule has 0 aliphatic carbocycles. The number of para-hydroxylation sites is 1. The molecule has 0 saturated carbocycles. The molecular formula is C19H18BrNO4. The topological polar surface area (TPSA) is 55.8 Å². The van der Waals surface area contributed by atoms with Crippen molar-refractivity contribution in [2.45, 2.75) is 19.4 Å². The van der Waals surface area contributed by atoms with Gasteiger partial charge in [0, 0.05) is 21.8 Å². The van der Waals surface area contributed by atoms with E-state index >= 15 is 0 Å². The largest absolute Gasteiger partial charge is 0.493 e. The van der Waals surface area contributed by atoms with E-state index in [2.05, 4.69) is 15.9 Å². The average molecular weight is 404 g/mol. The maximum absolute atomic E-state index is 12.7. The molecule has 0 aromatic heterocycles. The smallest absolute Gasteiger partial charge is 0.265 e. The summed E-state index contributed by atoms with van der Waals surface area (Å²) in [4.78, 5) is 25.6. The molecule has 0 fully saturated rings. The molecule has 3 rings (SSSR count). The van der Waals surface area contributed by atoms with E-state index in [9.17, 15) is 9.59 Å². The summed E-state index contributed by atoms with van der Waals surface area (Å²) in [6.45, 7) is 1.89. The number of rotatable bonds is 5. The molecule has 130 valence electrons. The Kier molecular flexibility index (Phi) is 5.08. The van der Waals surface area contributed by atoms with Gasteiger partial charge in [0.15, 0.2) is 24.4 Å². The van der Waals surface area contributed by atoms with Gasteiger partial charge in [0.2, 0.25) is 0 Å². The van der Waals surface area contributed by atoms with Crippen LogP contribution in [-0.2, 0) is 11.2 Å². The zero-order valence-electron chi connectivity index (χ0n) is 14.0. The van der Waals surface area contributed by atoms with Gasteiger partial charge in [-0.1, -0.05) is 18.2 Å². The molecule has 1 aliphatic heterocycles. The maximum Gasteiger partial charge on any atom is 0.265 e. The summed E-state index contributed by atoms with van der Waals surface area (Å²) in [5, 5.41) is 0. The molecule has 1 atom stereocenters. The zero-order valence-corrected chi connectivity index (χ0v) is 15.6. The van der Waals surface area contributed by atoms with E-state index in [1.807, 2.05) is 31.2 Å². The lowest BCUT2D eigenvalue weighted by molar-refractivity contribution is -0.120. The van der Waals surface area contributed by atoms with Gasteiger partial charge in [-0.05, 0) is 53.0 Å². The highest BCUT2D eigenvalue weighted by molar-refractivity contribution is 9.10. The molecule has 0 unspecified atom stereocenters. The molecule has 0 bridgehead atoms. The van der Waals surface area contributed by atoms with Crippen LogP contribution >= 0.6 is 15.9 Å². The summed E-state index contributed by atoms with van der Waals surface area (Å²) in [6, 6.07) is 11.2. The predicted octanol–water partition coefficient (Wildman–Crippen LogP) is 3.63. The third kappa shape index (κ3) is 3.39. The van der Waals surface area contributed by atoms with Gasteiger partial charge >= 0.3 is 0 Å². The predicted molar refractivity (Wildman–Crippen MR) is 98.7 cm³/mol. The number of fused-ring (bicyclic) bond motifs is 1. The molecule has 1 heterocycles. The Bertz CT molecular complexity index is 821. The fourth-order valence-electron chi connectivity index (χ4n) is 3.07. The molecule has 2 aromatic carbocycles. The van der Waals surface area contributed by atoms with Gasteiger partial charge in [0.1, 0.15) is 0 Å². The molecule has 25 heavy (non-hydrogen) atoms. The van der Waals surface area contributed by atoms with Gasteiger partial charge in [-0.2, -0.15) is 0 Å². The summed E-state index contributed by atoms with van der Waals surface area (Å²) in [5.41, 5.74) is 2.52. The van der Waals surface area contributed by atoms with Crippen molar-refractivity contribution in [1.29, 1.82) is 0 Å². The number of hydrogen-bond donors (Lipinski definition) is 0. The Balaban J connectivity index is 1.78. The number of halogens is 1. The van der Waals surface area contributed by atoms with Gasteiger partial charge in [-0.3, -0.25) is 9.59 Å². The van der Waals surface area contributed by atoms with Crippen LogP contribution in [0.25, 0.3) is 0 Å². The third-order valence-corrected chi connectivity index (χ3v) is 4.92. The second-order valence-corrected chi connectivity index (χ2v) is 6.73. The van der Waals surface area contributed by atoms with Crippen LogP contribution in [0.4, 0.5) is 5.69 Å². The van der Waals surface area contributed by atoms with Gasteiger partial charge < -0.3 is 14.4 Å². The van der Waals surface area contributed by atoms with E-state index in [1.54, 1.807) is 17.0 Å². The third-order valence-electron chi connectivity index (χ3n) is 4.24. The Morgan fingerprint density at radius 3 is 2.80 bits per heavy atom. The first-order valence-electron chi connectivity index (χ1n) is 7.90. The number of ether oxygens (including phenoxy) is 2. The summed E-state index contributed by atoms with van der Waals surface area (Å²) in [7, 11) is 1.51. The highest BCUT2D eigenvalue weighted by atomic mass is 79.9. The van der Waals surface area contributed by atoms with Crippen molar-refractivity contribution in [3.63, 3.8) is 0 Å². The molecule has 0 spiro atoms. The van der Waals surface area contributed by atoms with Crippen molar-refractivity contribution in [1.82, 2.24) is 0 Å². The first kappa shape index (κ1) is 17.5. The summed E-state index contributed by atoms with van der Waals surface area (Å²) < 4.78 is 11.5. The van der Waals surface area contributed by atoms with Crippen LogP contribution in [0.5, 0.6) is 11.5 Å². The number of benzene rings is 2. The monoisotopic (exact) mass is 403 g/mol. The van der Waals surface area contributed by atoms with Crippen LogP contribution in [0.15, 0.2) is 40.9 Å². The summed E-state index contributed by atoms with van der Waals surface area (Å²) in [5.74, 6) is 0.691. The normalized spacial score (nSPS) is 15.6. The van der Waals surface area contributed by atoms with E-state index in [4.69, 9.17) is 9.47 Å². The summed E-state index contributed by atoms with van der Waals surface area (Å²) >= 11 is 3.30. The number of nitrogens with zero attached hydrogens (tertiary/aromatic N) is 1. The summed E-state index contributed by atoms with van der Waals surface area (Å²) in [6.07, 6.45) is 1.55. The molecule has 0 saturated heterocycles. The lowest BCUT2D eigenvalue weighted by atomic mass is 10.1. The van der Waals surface area contributed by atoms with Gasteiger partial charge in [-0.25, -0.2) is 0 Å². The van der Waals surface area contributed by atoms with Gasteiger partial charge in [-0.15, -0.1) is 0 Å². The fourth-order valence-corrected chi connectivity index (χ4v) is 3.48. The molecule has 2 aromatic rings. The number of anilines is 1. The number of carbonyl (C=O) groups excluding carboxylic acids is 2. The number of amides is 1. The second kappa shape index (κ2) is 7.27. The van der Waals surface area contributed by atoms with Crippen molar-refractivity contribution in [3.05, 3.63) is 52.0 Å². The van der Waals surface area contributed by atoms with Crippen molar-refractivity contribution in [3.8, 4) is 11.5 Å². The Morgan fingerprint density at radius 1 is 1.32 bits per heavy atom. The molecule has 0 radical (unpaired) electrons. The lowest BCUT2D eigenvalue weighted by Gasteiger charge is -2.23. The number of hydrogen-bond acceptors (Lipinski definition) is 4. The number of carbonyl (C=O) groups is 2. The van der Waals surface area contributed by atoms with Crippen molar-refractivity contribution < 1.29 is 19.1 Å². The van der Waals surface area contributed by atoms with E-state index < -0.39 is 0 Å². The number of methoxy groups -OCH3 is 1. The van der Waals surface area contributed by atoms with Crippen LogP contribution in [0.2, 0.25) is 0 Å². The van der Waals surface area contributed by atoms with Crippen LogP contribution in [-0.4, -0.2) is 32.0 Å². The molecule has 5 nitrogen and oxygen atoms in total. The molecule has 1 aliphatic rings. The SMILES string of the molecule is COc1cc(Br)c(C=O)cc1OCC(=O)N1c2ccccc2C[C@H]1C. The highest BCUT2D eigenvalue weighted by Gasteiger charge is 2.30. The van der Waals surface area contributed by atoms with Crippen molar-refractivity contribution in [2.24, 2.45) is 0 Å². The fraction of sp³-hybridized carbons (Fsp3) is 0.263. The minimum Gasteiger partial charge on any atom is -0.493 e. The Hall–Kier alpha value is -2.34. The minimum absolute atomic E-state index is 0.0887. The highest BCUT2D eigenvalue weighted by Crippen LogP contribution is 2.34. The zero-order chi connectivity index (χ0) is 18.0. The molecule has 6 heteroatoms. The van der Waals surface area contributed by atoms with Crippen LogP contribution in [0.3, 0.4) is 0 Å². The Labute approximate surface area is 154 Å². The van der Waals surface area contributed by atoms with E-state index in [1.165, 1.54) is 7.11 Å².